The molecule has 272 valence electrons. The van der Waals surface area contributed by atoms with Crippen LogP contribution in [0.2, 0.25) is 0 Å². The molecule has 0 aromatic carbocycles. The molecule has 47 heavy (non-hydrogen) atoms. The summed E-state index contributed by atoms with van der Waals surface area (Å²) < 4.78 is 37.0. The van der Waals surface area contributed by atoms with E-state index in [-0.39, 0.29) is 43.3 Å². The maximum Gasteiger partial charge on any atom is 0.311 e. The Morgan fingerprint density at radius 3 is 1.98 bits per heavy atom. The number of epoxide rings is 1. The number of Topliss-reactive ketones (excluding diaryl/α,β-unsaturated/α-hetero) is 1. The molecule has 0 amide bonds. The molecule has 4 N–H and O–H groups in total. The van der Waals surface area contributed by atoms with Crippen LogP contribution >= 0.6 is 0 Å². The van der Waals surface area contributed by atoms with Crippen LogP contribution in [-0.2, 0) is 38.0 Å². The molecule has 0 aromatic rings. The first-order valence-corrected chi connectivity index (χ1v) is 17.3. The van der Waals surface area contributed by atoms with Gasteiger partial charge in [0.15, 0.2) is 24.0 Å². The van der Waals surface area contributed by atoms with Crippen molar-refractivity contribution in [2.75, 3.05) is 20.7 Å². The molecular formula is C34H59NO12. The van der Waals surface area contributed by atoms with Gasteiger partial charge in [0.05, 0.1) is 49.1 Å². The molecule has 4 fully saturated rings. The summed E-state index contributed by atoms with van der Waals surface area (Å²) in [4.78, 5) is 29.5. The van der Waals surface area contributed by atoms with Gasteiger partial charge in [0.25, 0.3) is 0 Å². The van der Waals surface area contributed by atoms with E-state index in [1.807, 2.05) is 39.8 Å². The molecule has 0 radical (unpaired) electrons. The van der Waals surface area contributed by atoms with E-state index in [1.165, 1.54) is 0 Å². The Morgan fingerprint density at radius 2 is 1.40 bits per heavy atom. The first-order chi connectivity index (χ1) is 21.9. The Balaban J connectivity index is 1.74. The Labute approximate surface area is 279 Å². The number of carbonyl (C=O) groups is 2. The van der Waals surface area contributed by atoms with Gasteiger partial charge in [-0.2, -0.15) is 0 Å². The number of esters is 1. The summed E-state index contributed by atoms with van der Waals surface area (Å²) in [5.74, 6) is -3.92. The Morgan fingerprint density at radius 1 is 0.766 bits per heavy atom. The van der Waals surface area contributed by atoms with Gasteiger partial charge in [0.1, 0.15) is 18.3 Å². The molecule has 4 heterocycles. The summed E-state index contributed by atoms with van der Waals surface area (Å²) in [5, 5.41) is 43.4. The van der Waals surface area contributed by atoms with E-state index in [9.17, 15) is 30.0 Å². The highest BCUT2D eigenvalue weighted by Crippen LogP contribution is 2.43. The highest BCUT2D eigenvalue weighted by molar-refractivity contribution is 5.92. The van der Waals surface area contributed by atoms with Gasteiger partial charge in [-0.05, 0) is 60.5 Å². The van der Waals surface area contributed by atoms with Crippen molar-refractivity contribution < 1.29 is 58.4 Å². The van der Waals surface area contributed by atoms with Gasteiger partial charge in [0, 0.05) is 30.2 Å². The molecule has 0 unspecified atom stereocenters. The lowest BCUT2D eigenvalue weighted by Gasteiger charge is -2.46. The number of aliphatic hydroxyl groups excluding tert-OH is 4. The predicted octanol–water partition coefficient (Wildman–Crippen LogP) is 1.25. The van der Waals surface area contributed by atoms with Crippen molar-refractivity contribution in [3.63, 3.8) is 0 Å². The second-order valence-electron chi connectivity index (χ2n) is 15.1. The van der Waals surface area contributed by atoms with E-state index in [2.05, 4.69) is 0 Å². The van der Waals surface area contributed by atoms with E-state index >= 15 is 0 Å². The lowest BCUT2D eigenvalue weighted by molar-refractivity contribution is -0.298. The van der Waals surface area contributed by atoms with Crippen molar-refractivity contribution in [1.29, 1.82) is 0 Å². The minimum Gasteiger partial charge on any atom is -0.462 e. The van der Waals surface area contributed by atoms with Gasteiger partial charge in [-0.1, -0.05) is 27.7 Å². The van der Waals surface area contributed by atoms with Crippen molar-refractivity contribution in [1.82, 2.24) is 4.90 Å². The predicted molar refractivity (Wildman–Crippen MR) is 169 cm³/mol. The Bertz CT molecular complexity index is 1060. The molecule has 18 atom stereocenters. The number of rotatable bonds is 5. The zero-order valence-corrected chi connectivity index (χ0v) is 29.6. The van der Waals surface area contributed by atoms with Gasteiger partial charge in [-0.3, -0.25) is 9.59 Å². The SMILES string of the molecule is C[C@@H]1[C@@H](O[C@@H]2O[C@H](C)C[C@H](N(C)C)[C@H]2O)[C@@H](C)C[C@@]2(CO2)C(=O)[C@H](C)[C@@H](O)[C@@H](C)[C@@H](C)OC(=O)[C@H](C)[C@H]1O[C@H]1C[C@H](O)[C@@H](O)[C@H](C)O1. The van der Waals surface area contributed by atoms with Crippen LogP contribution in [0.5, 0.6) is 0 Å². The number of hydrogen-bond donors (Lipinski definition) is 4. The average molecular weight is 674 g/mol. The van der Waals surface area contributed by atoms with Crippen molar-refractivity contribution in [2.24, 2.45) is 29.6 Å². The standard InChI is InChI=1S/C34H59NO12/c1-15-13-34(14-42-34)31(40)18(4)26(37)17(3)21(7)45-32(41)20(6)30(46-25-12-24(36)27(38)22(8)44-25)19(5)29(15)47-33-28(39)23(35(9)10)11-16(2)43-33/h15-30,33,36-39H,11-14H2,1-10H3/t15-,16+,17-,18+,19+,20+,21+,22-,23-,24-,25-,26-,27-,28+,29-,30-,33-,34+/m0/s1. The van der Waals surface area contributed by atoms with Crippen LogP contribution in [0, 0.1) is 29.6 Å². The lowest BCUT2D eigenvalue weighted by atomic mass is 9.76. The maximum absolute atomic E-state index is 13.8. The molecule has 1 spiro atoms. The van der Waals surface area contributed by atoms with Gasteiger partial charge < -0.3 is 53.7 Å². The first kappa shape index (κ1) is 38.5. The topological polar surface area (TPSA) is 177 Å². The second-order valence-corrected chi connectivity index (χ2v) is 15.1. The highest BCUT2D eigenvalue weighted by Gasteiger charge is 2.57. The van der Waals surface area contributed by atoms with Crippen LogP contribution in [0.4, 0.5) is 0 Å². The Kier molecular flexibility index (Phi) is 12.6. The minimum atomic E-state index is -1.11. The summed E-state index contributed by atoms with van der Waals surface area (Å²) >= 11 is 0. The van der Waals surface area contributed by atoms with Crippen LogP contribution in [0.1, 0.15) is 74.7 Å². The molecular weight excluding hydrogens is 614 g/mol. The molecule has 4 rings (SSSR count). The van der Waals surface area contributed by atoms with E-state index in [0.717, 1.165) is 0 Å². The number of cyclic esters (lactones) is 1. The van der Waals surface area contributed by atoms with E-state index in [1.54, 1.807) is 34.6 Å². The number of likely N-dealkylation sites (N-methyl/N-ethyl adjacent to an activating group) is 1. The van der Waals surface area contributed by atoms with Crippen LogP contribution in [-0.4, -0.2) is 137 Å². The lowest BCUT2D eigenvalue weighted by Crippen LogP contribution is -2.57. The number of carbonyl (C=O) groups excluding carboxylic acids is 2. The summed E-state index contributed by atoms with van der Waals surface area (Å²) in [6.45, 7) is 14.4. The number of ketones is 1. The molecule has 13 nitrogen and oxygen atoms in total. The Hall–Kier alpha value is -1.26. The van der Waals surface area contributed by atoms with Crippen molar-refractivity contribution in [3.05, 3.63) is 0 Å². The second kappa shape index (κ2) is 15.3. The van der Waals surface area contributed by atoms with Crippen LogP contribution in [0.3, 0.4) is 0 Å². The minimum absolute atomic E-state index is 0.0208. The average Bonchev–Trinajstić information content (AvgIpc) is 3.79. The zero-order chi connectivity index (χ0) is 35.1. The van der Waals surface area contributed by atoms with Crippen molar-refractivity contribution in [3.8, 4) is 0 Å². The van der Waals surface area contributed by atoms with Crippen molar-refractivity contribution >= 4 is 11.8 Å². The normalized spacial score (nSPS) is 50.7. The third-order valence-electron chi connectivity index (χ3n) is 11.1. The van der Waals surface area contributed by atoms with Crippen LogP contribution in [0.25, 0.3) is 0 Å². The molecule has 0 bridgehead atoms. The summed E-state index contributed by atoms with van der Waals surface area (Å²) in [5.41, 5.74) is -1.11. The molecule has 0 aliphatic carbocycles. The third-order valence-corrected chi connectivity index (χ3v) is 11.1. The molecule has 13 heteroatoms. The third kappa shape index (κ3) is 8.38. The fourth-order valence-electron chi connectivity index (χ4n) is 7.68. The van der Waals surface area contributed by atoms with E-state index in [0.29, 0.717) is 6.42 Å². The van der Waals surface area contributed by atoms with Crippen molar-refractivity contribution in [2.45, 2.75) is 154 Å². The first-order valence-electron chi connectivity index (χ1n) is 17.3. The maximum atomic E-state index is 13.8. The number of hydrogen-bond acceptors (Lipinski definition) is 13. The smallest absolute Gasteiger partial charge is 0.311 e. The highest BCUT2D eigenvalue weighted by atomic mass is 16.7. The van der Waals surface area contributed by atoms with Gasteiger partial charge in [-0.15, -0.1) is 0 Å². The fraction of sp³-hybridized carbons (Fsp3) is 0.941. The molecule has 0 aromatic heterocycles. The monoisotopic (exact) mass is 673 g/mol. The quantitative estimate of drug-likeness (QED) is 0.243. The van der Waals surface area contributed by atoms with E-state index in [4.69, 9.17) is 28.4 Å². The van der Waals surface area contributed by atoms with Gasteiger partial charge in [-0.25, -0.2) is 0 Å². The van der Waals surface area contributed by atoms with Crippen LogP contribution in [0.15, 0.2) is 0 Å². The number of nitrogens with zero attached hydrogens (tertiary/aromatic N) is 1. The zero-order valence-electron chi connectivity index (χ0n) is 29.6. The molecule has 4 aliphatic heterocycles. The molecule has 0 saturated carbocycles. The molecule has 4 saturated heterocycles. The van der Waals surface area contributed by atoms with Gasteiger partial charge in [0.2, 0.25) is 0 Å². The largest absolute Gasteiger partial charge is 0.462 e. The van der Waals surface area contributed by atoms with E-state index < -0.39 is 96.7 Å². The van der Waals surface area contributed by atoms with Crippen LogP contribution < -0.4 is 0 Å². The summed E-state index contributed by atoms with van der Waals surface area (Å²) in [6, 6.07) is -0.232. The number of ether oxygens (including phenoxy) is 6. The fourth-order valence-corrected chi connectivity index (χ4v) is 7.68. The number of aliphatic hydroxyl groups is 4. The summed E-state index contributed by atoms with van der Waals surface area (Å²) in [7, 11) is 3.78. The summed E-state index contributed by atoms with van der Waals surface area (Å²) in [6.07, 6.45) is -8.64. The molecule has 4 aliphatic rings. The van der Waals surface area contributed by atoms with Gasteiger partial charge >= 0.3 is 5.97 Å².